The van der Waals surface area contributed by atoms with E-state index in [0.29, 0.717) is 24.5 Å². The molecule has 2 amide bonds. The molecule has 7 nitrogen and oxygen atoms in total. The Morgan fingerprint density at radius 3 is 2.75 bits per heavy atom. The first-order valence-corrected chi connectivity index (χ1v) is 10.7. The molecule has 0 radical (unpaired) electrons. The van der Waals surface area contributed by atoms with Crippen molar-refractivity contribution in [3.05, 3.63) is 53.6 Å². The molecule has 0 aliphatic carbocycles. The number of carbonyl (C=O) groups excluding carboxylic acids is 2. The molecule has 2 aromatic rings. The van der Waals surface area contributed by atoms with E-state index >= 15 is 0 Å². The van der Waals surface area contributed by atoms with Gasteiger partial charge in [0.1, 0.15) is 5.75 Å². The van der Waals surface area contributed by atoms with Crippen LogP contribution in [0.2, 0.25) is 0 Å². The summed E-state index contributed by atoms with van der Waals surface area (Å²) in [5, 5.41) is 2.59. The van der Waals surface area contributed by atoms with Crippen molar-refractivity contribution in [2.45, 2.75) is 24.3 Å². The fourth-order valence-electron chi connectivity index (χ4n) is 3.46. The van der Waals surface area contributed by atoms with Gasteiger partial charge in [-0.05, 0) is 35.7 Å². The maximum Gasteiger partial charge on any atom is 0.262 e. The van der Waals surface area contributed by atoms with Gasteiger partial charge in [0.15, 0.2) is 16.4 Å². The van der Waals surface area contributed by atoms with E-state index in [1.165, 1.54) is 23.8 Å². The molecule has 0 atom stereocenters. The molecule has 1 N–H and O–H groups in total. The number of fused-ring (bicyclic) bond motifs is 2. The van der Waals surface area contributed by atoms with Gasteiger partial charge in [-0.15, -0.1) is 0 Å². The van der Waals surface area contributed by atoms with Crippen LogP contribution in [0, 0.1) is 0 Å². The zero-order valence-electron chi connectivity index (χ0n) is 15.2. The quantitative estimate of drug-likeness (QED) is 0.844. The van der Waals surface area contributed by atoms with E-state index in [2.05, 4.69) is 11.4 Å². The molecule has 0 saturated carbocycles. The lowest BCUT2D eigenvalue weighted by Crippen LogP contribution is -2.36. The van der Waals surface area contributed by atoms with Crippen LogP contribution in [0.1, 0.15) is 17.5 Å². The van der Waals surface area contributed by atoms with Gasteiger partial charge in [0, 0.05) is 19.5 Å². The van der Waals surface area contributed by atoms with Gasteiger partial charge in [0.25, 0.3) is 5.91 Å². The number of sulfone groups is 1. The summed E-state index contributed by atoms with van der Waals surface area (Å²) in [5.74, 6) is -0.353. The molecular weight excluding hydrogens is 380 g/mol. The SMILES string of the molecule is O=C1COc2ccc(S(=O)(=O)CCC(=O)N3CCc4ccccc4C3)cc2N1. The number of benzene rings is 2. The lowest BCUT2D eigenvalue weighted by molar-refractivity contribution is -0.131. The van der Waals surface area contributed by atoms with Crippen molar-refractivity contribution in [2.24, 2.45) is 0 Å². The van der Waals surface area contributed by atoms with E-state index < -0.39 is 9.84 Å². The Bertz CT molecular complexity index is 1050. The number of ether oxygens (including phenoxy) is 1. The number of anilines is 1. The topological polar surface area (TPSA) is 92.8 Å². The molecule has 28 heavy (non-hydrogen) atoms. The zero-order chi connectivity index (χ0) is 19.7. The molecule has 0 fully saturated rings. The molecular formula is C20H20N2O5S. The molecule has 0 spiro atoms. The van der Waals surface area contributed by atoms with Crippen LogP contribution in [-0.4, -0.2) is 44.0 Å². The molecule has 4 rings (SSSR count). The Morgan fingerprint density at radius 2 is 1.93 bits per heavy atom. The van der Waals surface area contributed by atoms with Crippen molar-refractivity contribution in [3.8, 4) is 5.75 Å². The highest BCUT2D eigenvalue weighted by Crippen LogP contribution is 2.30. The number of nitrogens with zero attached hydrogens (tertiary/aromatic N) is 1. The molecule has 0 aromatic heterocycles. The van der Waals surface area contributed by atoms with E-state index in [1.807, 2.05) is 18.2 Å². The van der Waals surface area contributed by atoms with Gasteiger partial charge >= 0.3 is 0 Å². The minimum absolute atomic E-state index is 0.0637. The minimum atomic E-state index is -3.66. The van der Waals surface area contributed by atoms with Gasteiger partial charge < -0.3 is 15.0 Å². The second kappa shape index (κ2) is 7.27. The summed E-state index contributed by atoms with van der Waals surface area (Å²) in [6.45, 7) is 1.02. The van der Waals surface area contributed by atoms with Gasteiger partial charge in [-0.25, -0.2) is 8.42 Å². The zero-order valence-corrected chi connectivity index (χ0v) is 16.0. The van der Waals surface area contributed by atoms with Gasteiger partial charge in [0.2, 0.25) is 5.91 Å². The molecule has 0 saturated heterocycles. The van der Waals surface area contributed by atoms with Crippen LogP contribution in [0.25, 0.3) is 0 Å². The van der Waals surface area contributed by atoms with E-state index in [-0.39, 0.29) is 35.5 Å². The van der Waals surface area contributed by atoms with Gasteiger partial charge in [-0.1, -0.05) is 24.3 Å². The first-order chi connectivity index (χ1) is 13.4. The smallest absolute Gasteiger partial charge is 0.262 e. The summed E-state index contributed by atoms with van der Waals surface area (Å²) < 4.78 is 30.6. The standard InChI is InChI=1S/C20H20N2O5S/c23-19-13-27-18-6-5-16(11-17(18)21-19)28(25,26)10-8-20(24)22-9-7-14-3-1-2-4-15(14)12-22/h1-6,11H,7-10,12-13H2,(H,21,23). The van der Waals surface area contributed by atoms with Crippen LogP contribution in [0.5, 0.6) is 5.75 Å². The Labute approximate surface area is 163 Å². The summed E-state index contributed by atoms with van der Waals surface area (Å²) in [4.78, 5) is 25.7. The van der Waals surface area contributed by atoms with Crippen LogP contribution in [-0.2, 0) is 32.4 Å². The highest BCUT2D eigenvalue weighted by Gasteiger charge is 2.25. The summed E-state index contributed by atoms with van der Waals surface area (Å²) in [5.41, 5.74) is 2.67. The van der Waals surface area contributed by atoms with Crippen molar-refractivity contribution in [1.82, 2.24) is 4.90 Å². The number of nitrogens with one attached hydrogen (secondary N) is 1. The normalized spacial score (nSPS) is 15.9. The van der Waals surface area contributed by atoms with Gasteiger partial charge in [-0.2, -0.15) is 0 Å². The summed E-state index contributed by atoms with van der Waals surface area (Å²) in [6.07, 6.45) is 0.698. The highest BCUT2D eigenvalue weighted by atomic mass is 32.2. The molecule has 8 heteroatoms. The van der Waals surface area contributed by atoms with Crippen molar-refractivity contribution in [2.75, 3.05) is 24.2 Å². The third-order valence-electron chi connectivity index (χ3n) is 5.01. The Balaban J connectivity index is 1.42. The van der Waals surface area contributed by atoms with E-state index in [1.54, 1.807) is 4.90 Å². The number of carbonyl (C=O) groups is 2. The van der Waals surface area contributed by atoms with Gasteiger partial charge in [0.05, 0.1) is 16.3 Å². The number of hydrogen-bond acceptors (Lipinski definition) is 5. The van der Waals surface area contributed by atoms with Crippen molar-refractivity contribution < 1.29 is 22.7 Å². The molecule has 2 heterocycles. The Hall–Kier alpha value is -2.87. The lowest BCUT2D eigenvalue weighted by atomic mass is 10.00. The van der Waals surface area contributed by atoms with Crippen LogP contribution in [0.15, 0.2) is 47.4 Å². The van der Waals surface area contributed by atoms with Crippen LogP contribution in [0.3, 0.4) is 0 Å². The average molecular weight is 400 g/mol. The number of amides is 2. The predicted molar refractivity (Wildman–Crippen MR) is 103 cm³/mol. The third kappa shape index (κ3) is 3.73. The number of rotatable bonds is 4. The Kier molecular flexibility index (Phi) is 4.80. The minimum Gasteiger partial charge on any atom is -0.482 e. The second-order valence-corrected chi connectivity index (χ2v) is 9.01. The first-order valence-electron chi connectivity index (χ1n) is 9.06. The first kappa shape index (κ1) is 18.5. The van der Waals surface area contributed by atoms with Crippen LogP contribution < -0.4 is 10.1 Å². The largest absolute Gasteiger partial charge is 0.482 e. The molecule has 146 valence electrons. The van der Waals surface area contributed by atoms with E-state index in [9.17, 15) is 18.0 Å². The number of hydrogen-bond donors (Lipinski definition) is 1. The van der Waals surface area contributed by atoms with Crippen molar-refractivity contribution >= 4 is 27.3 Å². The monoisotopic (exact) mass is 400 g/mol. The fourth-order valence-corrected chi connectivity index (χ4v) is 4.71. The third-order valence-corrected chi connectivity index (χ3v) is 6.72. The molecule has 2 aliphatic rings. The molecule has 2 aromatic carbocycles. The molecule has 0 unspecified atom stereocenters. The van der Waals surface area contributed by atoms with E-state index in [0.717, 1.165) is 12.0 Å². The maximum atomic E-state index is 12.7. The van der Waals surface area contributed by atoms with Crippen LogP contribution in [0.4, 0.5) is 5.69 Å². The molecule has 0 bridgehead atoms. The van der Waals surface area contributed by atoms with Crippen LogP contribution >= 0.6 is 0 Å². The molecule has 2 aliphatic heterocycles. The second-order valence-electron chi connectivity index (χ2n) is 6.90. The predicted octanol–water partition coefficient (Wildman–Crippen LogP) is 1.77. The summed E-state index contributed by atoms with van der Waals surface area (Å²) in [7, 11) is -3.66. The fraction of sp³-hybridized carbons (Fsp3) is 0.300. The van der Waals surface area contributed by atoms with Gasteiger partial charge in [-0.3, -0.25) is 9.59 Å². The maximum absolute atomic E-state index is 12.7. The lowest BCUT2D eigenvalue weighted by Gasteiger charge is -2.29. The highest BCUT2D eigenvalue weighted by molar-refractivity contribution is 7.91. The Morgan fingerprint density at radius 1 is 1.14 bits per heavy atom. The van der Waals surface area contributed by atoms with E-state index in [4.69, 9.17) is 4.74 Å². The van der Waals surface area contributed by atoms with Crippen molar-refractivity contribution in [3.63, 3.8) is 0 Å². The summed E-state index contributed by atoms with van der Waals surface area (Å²) in [6, 6.07) is 12.3. The average Bonchev–Trinajstić information content (AvgIpc) is 2.71. The van der Waals surface area contributed by atoms with Crippen molar-refractivity contribution in [1.29, 1.82) is 0 Å². The summed E-state index contributed by atoms with van der Waals surface area (Å²) >= 11 is 0.